The fourth-order valence-electron chi connectivity index (χ4n) is 3.54. The molecule has 0 saturated carbocycles. The van der Waals surface area contributed by atoms with Gasteiger partial charge in [0.1, 0.15) is 17.1 Å². The molecular weight excluding hydrogens is 422 g/mol. The van der Waals surface area contributed by atoms with E-state index in [1.54, 1.807) is 24.3 Å². The molecule has 0 bridgehead atoms. The monoisotopic (exact) mass is 446 g/mol. The molecule has 0 radical (unpaired) electrons. The van der Waals surface area contributed by atoms with E-state index in [4.69, 9.17) is 4.74 Å². The molecule has 0 spiro atoms. The topological polar surface area (TPSA) is 57.7 Å². The highest BCUT2D eigenvalue weighted by molar-refractivity contribution is 7.22. The van der Waals surface area contributed by atoms with E-state index in [1.807, 2.05) is 6.92 Å². The summed E-state index contributed by atoms with van der Waals surface area (Å²) in [5, 5.41) is 3.66. The third kappa shape index (κ3) is 5.11. The Morgan fingerprint density at radius 2 is 1.90 bits per heavy atom. The molecule has 1 aliphatic heterocycles. The lowest BCUT2D eigenvalue weighted by Crippen LogP contribution is -2.48. The van der Waals surface area contributed by atoms with Gasteiger partial charge in [-0.2, -0.15) is 0 Å². The summed E-state index contributed by atoms with van der Waals surface area (Å²) in [4.78, 5) is 21.0. The number of piperazine rings is 1. The summed E-state index contributed by atoms with van der Waals surface area (Å²) in [7, 11) is 0. The second-order valence-electron chi connectivity index (χ2n) is 7.27. The lowest BCUT2D eigenvalue weighted by atomic mass is 10.2. The molecule has 0 aliphatic carbocycles. The molecule has 3 aromatic rings. The molecule has 2 aromatic carbocycles. The molecule has 164 valence electrons. The zero-order valence-electron chi connectivity index (χ0n) is 17.2. The normalized spacial score (nSPS) is 14.7. The lowest BCUT2D eigenvalue weighted by molar-refractivity contribution is 0.0947. The van der Waals surface area contributed by atoms with Crippen molar-refractivity contribution in [1.29, 1.82) is 0 Å². The molecular formula is C22H24F2N4O2S. The van der Waals surface area contributed by atoms with Crippen molar-refractivity contribution < 1.29 is 18.3 Å². The number of benzene rings is 2. The van der Waals surface area contributed by atoms with Crippen LogP contribution in [-0.2, 0) is 0 Å². The van der Waals surface area contributed by atoms with Gasteiger partial charge < -0.3 is 15.0 Å². The number of amides is 1. The summed E-state index contributed by atoms with van der Waals surface area (Å²) >= 11 is 1.31. The van der Waals surface area contributed by atoms with Crippen LogP contribution in [-0.4, -0.2) is 61.7 Å². The maximum Gasteiger partial charge on any atom is 0.251 e. The highest BCUT2D eigenvalue weighted by Gasteiger charge is 2.21. The van der Waals surface area contributed by atoms with Gasteiger partial charge in [0.25, 0.3) is 5.91 Å². The van der Waals surface area contributed by atoms with E-state index in [0.29, 0.717) is 28.5 Å². The van der Waals surface area contributed by atoms with E-state index < -0.39 is 11.6 Å². The van der Waals surface area contributed by atoms with Crippen LogP contribution in [0.25, 0.3) is 10.2 Å². The number of nitrogens with zero attached hydrogens (tertiary/aromatic N) is 3. The van der Waals surface area contributed by atoms with Gasteiger partial charge in [-0.25, -0.2) is 13.8 Å². The Labute approximate surface area is 183 Å². The van der Waals surface area contributed by atoms with Crippen molar-refractivity contribution in [2.45, 2.75) is 6.92 Å². The van der Waals surface area contributed by atoms with E-state index in [-0.39, 0.29) is 11.4 Å². The lowest BCUT2D eigenvalue weighted by Gasteiger charge is -2.34. The van der Waals surface area contributed by atoms with Crippen LogP contribution in [0.2, 0.25) is 0 Å². The zero-order chi connectivity index (χ0) is 21.8. The molecule has 31 heavy (non-hydrogen) atoms. The number of thiazole rings is 1. The van der Waals surface area contributed by atoms with Crippen LogP contribution in [0.1, 0.15) is 17.3 Å². The summed E-state index contributed by atoms with van der Waals surface area (Å²) in [6.07, 6.45) is 0. The predicted molar refractivity (Wildman–Crippen MR) is 118 cm³/mol. The number of hydrogen-bond acceptors (Lipinski definition) is 6. The number of aromatic nitrogens is 1. The Hall–Kier alpha value is -2.78. The minimum absolute atomic E-state index is 0.106. The van der Waals surface area contributed by atoms with E-state index in [1.165, 1.54) is 17.4 Å². The molecule has 4 rings (SSSR count). The first-order valence-corrected chi connectivity index (χ1v) is 11.1. The molecule has 0 unspecified atom stereocenters. The first kappa shape index (κ1) is 21.5. The summed E-state index contributed by atoms with van der Waals surface area (Å²) in [5.74, 6) is -0.569. The van der Waals surface area contributed by atoms with Crippen molar-refractivity contribution in [3.05, 3.63) is 53.6 Å². The Balaban J connectivity index is 1.24. The van der Waals surface area contributed by atoms with Crippen molar-refractivity contribution >= 4 is 32.6 Å². The van der Waals surface area contributed by atoms with E-state index in [9.17, 15) is 13.6 Å². The van der Waals surface area contributed by atoms with Gasteiger partial charge in [0.2, 0.25) is 0 Å². The van der Waals surface area contributed by atoms with Gasteiger partial charge in [-0.15, -0.1) is 0 Å². The smallest absolute Gasteiger partial charge is 0.251 e. The van der Waals surface area contributed by atoms with E-state index in [2.05, 4.69) is 20.1 Å². The number of nitrogens with one attached hydrogen (secondary N) is 1. The average molecular weight is 447 g/mol. The molecule has 6 nitrogen and oxygen atoms in total. The van der Waals surface area contributed by atoms with Gasteiger partial charge in [0, 0.05) is 50.9 Å². The number of carbonyl (C=O) groups excluding carboxylic acids is 1. The summed E-state index contributed by atoms with van der Waals surface area (Å²) < 4.78 is 33.2. The van der Waals surface area contributed by atoms with Gasteiger partial charge in [0.05, 0.1) is 11.3 Å². The number of anilines is 1. The molecule has 1 fully saturated rings. The molecule has 1 saturated heterocycles. The Kier molecular flexibility index (Phi) is 6.62. The minimum atomic E-state index is -0.626. The van der Waals surface area contributed by atoms with Crippen LogP contribution < -0.4 is 15.0 Å². The van der Waals surface area contributed by atoms with Crippen LogP contribution in [0.4, 0.5) is 13.9 Å². The highest BCUT2D eigenvalue weighted by Crippen LogP contribution is 2.31. The second-order valence-corrected chi connectivity index (χ2v) is 8.28. The number of carbonyl (C=O) groups is 1. The fraction of sp³-hybridized carbons (Fsp3) is 0.364. The number of hydrogen-bond donors (Lipinski definition) is 1. The van der Waals surface area contributed by atoms with Crippen molar-refractivity contribution in [2.75, 3.05) is 50.8 Å². The molecule has 9 heteroatoms. The number of ether oxygens (including phenoxy) is 1. The summed E-state index contributed by atoms with van der Waals surface area (Å²) in [5.41, 5.74) is 0.827. The molecule has 1 N–H and O–H groups in total. The summed E-state index contributed by atoms with van der Waals surface area (Å²) in [6.45, 7) is 6.92. The van der Waals surface area contributed by atoms with Gasteiger partial charge in [-0.05, 0) is 37.3 Å². The van der Waals surface area contributed by atoms with Crippen LogP contribution in [0, 0.1) is 11.6 Å². The predicted octanol–water partition coefficient (Wildman–Crippen LogP) is 3.53. The standard InChI is InChI=1S/C22H24F2N4O2S/c1-2-30-17-5-3-15(4-6-17)21(29)25-7-8-27-9-11-28(12-10-27)22-26-20-18(24)13-16(23)14-19(20)31-22/h3-6,13-14H,2,7-12H2,1H3,(H,25,29). The van der Waals surface area contributed by atoms with Crippen molar-refractivity contribution in [3.63, 3.8) is 0 Å². The summed E-state index contributed by atoms with van der Waals surface area (Å²) in [6, 6.07) is 9.28. The third-order valence-electron chi connectivity index (χ3n) is 5.19. The Bertz CT molecular complexity index is 1050. The van der Waals surface area contributed by atoms with E-state index in [0.717, 1.165) is 44.5 Å². The van der Waals surface area contributed by atoms with Crippen LogP contribution >= 0.6 is 11.3 Å². The molecule has 0 atom stereocenters. The zero-order valence-corrected chi connectivity index (χ0v) is 18.1. The highest BCUT2D eigenvalue weighted by atomic mass is 32.1. The van der Waals surface area contributed by atoms with Crippen molar-refractivity contribution in [3.8, 4) is 5.75 Å². The van der Waals surface area contributed by atoms with Crippen molar-refractivity contribution in [1.82, 2.24) is 15.2 Å². The van der Waals surface area contributed by atoms with Gasteiger partial charge in [-0.3, -0.25) is 9.69 Å². The van der Waals surface area contributed by atoms with Gasteiger partial charge in [-0.1, -0.05) is 11.3 Å². The van der Waals surface area contributed by atoms with Crippen molar-refractivity contribution in [2.24, 2.45) is 0 Å². The first-order chi connectivity index (χ1) is 15.0. The van der Waals surface area contributed by atoms with Gasteiger partial charge in [0.15, 0.2) is 10.9 Å². The molecule has 1 aliphatic rings. The largest absolute Gasteiger partial charge is 0.494 e. The second kappa shape index (κ2) is 9.57. The number of halogens is 2. The fourth-order valence-corrected chi connectivity index (χ4v) is 4.60. The SMILES string of the molecule is CCOc1ccc(C(=O)NCCN2CCN(c3nc4c(F)cc(F)cc4s3)CC2)cc1. The van der Waals surface area contributed by atoms with Crippen LogP contribution in [0.15, 0.2) is 36.4 Å². The van der Waals surface area contributed by atoms with Gasteiger partial charge >= 0.3 is 0 Å². The molecule has 1 aromatic heterocycles. The molecule has 2 heterocycles. The first-order valence-electron chi connectivity index (χ1n) is 10.3. The third-order valence-corrected chi connectivity index (χ3v) is 6.25. The Morgan fingerprint density at radius 3 is 2.61 bits per heavy atom. The maximum atomic E-state index is 13.9. The van der Waals surface area contributed by atoms with E-state index >= 15 is 0 Å². The molecule has 1 amide bonds. The quantitative estimate of drug-likeness (QED) is 0.602. The van der Waals surface area contributed by atoms with Crippen LogP contribution in [0.3, 0.4) is 0 Å². The number of fused-ring (bicyclic) bond motifs is 1. The maximum absolute atomic E-state index is 13.9. The minimum Gasteiger partial charge on any atom is -0.494 e. The Morgan fingerprint density at radius 1 is 1.16 bits per heavy atom. The average Bonchev–Trinajstić information content (AvgIpc) is 3.19. The van der Waals surface area contributed by atoms with Crippen LogP contribution in [0.5, 0.6) is 5.75 Å². The number of rotatable bonds is 7.